The molecule has 0 atom stereocenters. The van der Waals surface area contributed by atoms with Crippen LogP contribution in [0.4, 0.5) is 8.78 Å². The molecule has 60 valence electrons. The Labute approximate surface area is 89.9 Å². The van der Waals surface area contributed by atoms with Crippen molar-refractivity contribution in [2.45, 2.75) is 6.43 Å². The molecule has 0 N–H and O–H groups in total. The average molecular weight is 381 g/mol. The summed E-state index contributed by atoms with van der Waals surface area (Å²) in [5.41, 5.74) is 0.0116. The van der Waals surface area contributed by atoms with Crippen LogP contribution < -0.4 is 0 Å². The van der Waals surface area contributed by atoms with Crippen LogP contribution in [-0.2, 0) is 0 Å². The second-order valence-corrected chi connectivity index (χ2v) is 4.07. The third kappa shape index (κ3) is 2.20. The molecular formula is C6H3F2I2N. The van der Waals surface area contributed by atoms with Crippen LogP contribution in [0.25, 0.3) is 0 Å². The highest BCUT2D eigenvalue weighted by Crippen LogP contribution is 2.26. The second kappa shape index (κ2) is 3.92. The topological polar surface area (TPSA) is 12.9 Å². The first-order chi connectivity index (χ1) is 5.13. The van der Waals surface area contributed by atoms with Crippen molar-refractivity contribution < 1.29 is 8.78 Å². The van der Waals surface area contributed by atoms with E-state index in [4.69, 9.17) is 0 Å². The highest BCUT2D eigenvalue weighted by Gasteiger charge is 2.13. The molecule has 0 aromatic carbocycles. The molecule has 1 nitrogen and oxygen atoms in total. The van der Waals surface area contributed by atoms with Crippen LogP contribution in [-0.4, -0.2) is 4.98 Å². The molecule has 1 aromatic heterocycles. The highest BCUT2D eigenvalue weighted by atomic mass is 127. The Morgan fingerprint density at radius 1 is 1.27 bits per heavy atom. The molecule has 0 aliphatic heterocycles. The molecule has 0 aliphatic carbocycles. The summed E-state index contributed by atoms with van der Waals surface area (Å²) in [6, 6.07) is 0. The molecule has 0 saturated carbocycles. The quantitative estimate of drug-likeness (QED) is 0.682. The lowest BCUT2D eigenvalue weighted by atomic mass is 10.3. The van der Waals surface area contributed by atoms with E-state index in [1.807, 2.05) is 45.2 Å². The predicted octanol–water partition coefficient (Wildman–Crippen LogP) is 3.23. The van der Waals surface area contributed by atoms with Crippen LogP contribution in [0.5, 0.6) is 0 Å². The van der Waals surface area contributed by atoms with E-state index in [2.05, 4.69) is 4.98 Å². The third-order valence-corrected chi connectivity index (χ3v) is 4.15. The SMILES string of the molecule is FC(F)c1cncc(I)c1I. The number of hydrogen-bond acceptors (Lipinski definition) is 1. The van der Waals surface area contributed by atoms with Gasteiger partial charge in [-0.25, -0.2) is 8.78 Å². The van der Waals surface area contributed by atoms with Gasteiger partial charge in [-0.3, -0.25) is 4.98 Å². The molecular weight excluding hydrogens is 378 g/mol. The minimum Gasteiger partial charge on any atom is -0.263 e. The van der Waals surface area contributed by atoms with Gasteiger partial charge < -0.3 is 0 Å². The molecule has 11 heavy (non-hydrogen) atoms. The Bertz CT molecular complexity index is 265. The Morgan fingerprint density at radius 2 is 1.91 bits per heavy atom. The largest absolute Gasteiger partial charge is 0.266 e. The normalized spacial score (nSPS) is 10.6. The number of alkyl halides is 2. The molecule has 0 fully saturated rings. The maximum Gasteiger partial charge on any atom is 0.266 e. The Kier molecular flexibility index (Phi) is 3.41. The summed E-state index contributed by atoms with van der Waals surface area (Å²) in [7, 11) is 0. The van der Waals surface area contributed by atoms with Gasteiger partial charge in [0, 0.05) is 19.5 Å². The summed E-state index contributed by atoms with van der Waals surface area (Å²) < 4.78 is 25.7. The number of aromatic nitrogens is 1. The van der Waals surface area contributed by atoms with Crippen molar-refractivity contribution in [3.8, 4) is 0 Å². The molecule has 1 aromatic rings. The standard InChI is InChI=1S/C6H3F2I2N/c7-6(8)3-1-11-2-4(9)5(3)10/h1-2,6H. The fraction of sp³-hybridized carbons (Fsp3) is 0.167. The lowest BCUT2D eigenvalue weighted by Crippen LogP contribution is -1.93. The summed E-state index contributed by atoms with van der Waals surface area (Å²) in [4.78, 5) is 3.67. The first-order valence-corrected chi connectivity index (χ1v) is 4.85. The number of pyridine rings is 1. The van der Waals surface area contributed by atoms with Crippen molar-refractivity contribution in [1.29, 1.82) is 0 Å². The van der Waals surface area contributed by atoms with Crippen LogP contribution in [0, 0.1) is 7.14 Å². The summed E-state index contributed by atoms with van der Waals surface area (Å²) in [6.45, 7) is 0. The van der Waals surface area contributed by atoms with Gasteiger partial charge >= 0.3 is 0 Å². The molecule has 1 rings (SSSR count). The zero-order valence-electron chi connectivity index (χ0n) is 5.19. The summed E-state index contributed by atoms with van der Waals surface area (Å²) >= 11 is 3.87. The summed E-state index contributed by atoms with van der Waals surface area (Å²) in [5, 5.41) is 0. The number of halogens is 4. The van der Waals surface area contributed by atoms with Crippen LogP contribution in [0.1, 0.15) is 12.0 Å². The van der Waals surface area contributed by atoms with Crippen LogP contribution in [0.3, 0.4) is 0 Å². The van der Waals surface area contributed by atoms with Crippen LogP contribution in [0.2, 0.25) is 0 Å². The van der Waals surface area contributed by atoms with Crippen LogP contribution in [0.15, 0.2) is 12.4 Å². The van der Waals surface area contributed by atoms with Crippen molar-refractivity contribution in [3.05, 3.63) is 25.1 Å². The van der Waals surface area contributed by atoms with Crippen LogP contribution >= 0.6 is 45.2 Å². The maximum absolute atomic E-state index is 12.2. The summed E-state index contributed by atoms with van der Waals surface area (Å²) in [5.74, 6) is 0. The van der Waals surface area contributed by atoms with E-state index >= 15 is 0 Å². The van der Waals surface area contributed by atoms with Gasteiger partial charge in [-0.2, -0.15) is 0 Å². The molecule has 0 unspecified atom stereocenters. The minimum atomic E-state index is -2.43. The average Bonchev–Trinajstić information content (AvgIpc) is 1.94. The van der Waals surface area contributed by atoms with Crippen molar-refractivity contribution in [1.82, 2.24) is 4.98 Å². The number of hydrogen-bond donors (Lipinski definition) is 0. The summed E-state index contributed by atoms with van der Waals surface area (Å²) in [6.07, 6.45) is 0.340. The smallest absolute Gasteiger partial charge is 0.263 e. The predicted molar refractivity (Wildman–Crippen MR) is 54.6 cm³/mol. The fourth-order valence-electron chi connectivity index (χ4n) is 0.586. The van der Waals surface area contributed by atoms with E-state index in [9.17, 15) is 8.78 Å². The van der Waals surface area contributed by atoms with Gasteiger partial charge in [-0.05, 0) is 45.2 Å². The van der Waals surface area contributed by atoms with Gasteiger partial charge in [0.25, 0.3) is 6.43 Å². The van der Waals surface area contributed by atoms with E-state index in [0.29, 0.717) is 3.57 Å². The van der Waals surface area contributed by atoms with Gasteiger partial charge in [0.15, 0.2) is 0 Å². The van der Waals surface area contributed by atoms with Crippen molar-refractivity contribution in [3.63, 3.8) is 0 Å². The van der Waals surface area contributed by atoms with Gasteiger partial charge in [0.1, 0.15) is 0 Å². The van der Waals surface area contributed by atoms with Crippen molar-refractivity contribution in [2.24, 2.45) is 0 Å². The molecule has 0 aliphatic rings. The third-order valence-electron chi connectivity index (χ3n) is 1.10. The van der Waals surface area contributed by atoms with Gasteiger partial charge in [0.05, 0.1) is 5.56 Å². The second-order valence-electron chi connectivity index (χ2n) is 1.83. The van der Waals surface area contributed by atoms with E-state index in [1.54, 1.807) is 6.20 Å². The Morgan fingerprint density at radius 3 is 2.36 bits per heavy atom. The van der Waals surface area contributed by atoms with E-state index in [1.165, 1.54) is 6.20 Å². The van der Waals surface area contributed by atoms with Crippen molar-refractivity contribution >= 4 is 45.2 Å². The van der Waals surface area contributed by atoms with Crippen molar-refractivity contribution in [2.75, 3.05) is 0 Å². The molecule has 1 heterocycles. The van der Waals surface area contributed by atoms with Gasteiger partial charge in [-0.15, -0.1) is 0 Å². The highest BCUT2D eigenvalue weighted by molar-refractivity contribution is 14.1. The number of rotatable bonds is 1. The first-order valence-electron chi connectivity index (χ1n) is 2.70. The molecule has 0 saturated heterocycles. The fourth-order valence-corrected chi connectivity index (χ4v) is 1.57. The van der Waals surface area contributed by atoms with E-state index < -0.39 is 6.43 Å². The Hall–Kier alpha value is 0.470. The lowest BCUT2D eigenvalue weighted by molar-refractivity contribution is 0.150. The molecule has 5 heteroatoms. The minimum absolute atomic E-state index is 0.0116. The van der Waals surface area contributed by atoms with E-state index in [0.717, 1.165) is 3.57 Å². The monoisotopic (exact) mass is 381 g/mol. The van der Waals surface area contributed by atoms with E-state index in [-0.39, 0.29) is 5.56 Å². The first kappa shape index (κ1) is 9.56. The number of nitrogens with zero attached hydrogens (tertiary/aromatic N) is 1. The van der Waals surface area contributed by atoms with Gasteiger partial charge in [0.2, 0.25) is 0 Å². The molecule has 0 amide bonds. The van der Waals surface area contributed by atoms with Gasteiger partial charge in [-0.1, -0.05) is 0 Å². The zero-order valence-corrected chi connectivity index (χ0v) is 9.51. The zero-order chi connectivity index (χ0) is 8.43. The molecule has 0 spiro atoms. The lowest BCUT2D eigenvalue weighted by Gasteiger charge is -2.02. The Balaban J connectivity index is 3.17. The molecule has 0 bridgehead atoms. The maximum atomic E-state index is 12.2. The molecule has 0 radical (unpaired) electrons.